The molecule has 1 N–H and O–H groups in total. The zero-order valence-electron chi connectivity index (χ0n) is 14.3. The summed E-state index contributed by atoms with van der Waals surface area (Å²) in [6, 6.07) is 19.5. The van der Waals surface area contributed by atoms with Crippen molar-refractivity contribution in [2.75, 3.05) is 11.9 Å². The SMILES string of the molecule is O=C(CCNc1ccc2c(c1)oc1ccccc12)c1cccc([N+](=O)[O-])c1. The average Bonchev–Trinajstić information content (AvgIpc) is 3.05. The molecule has 0 aliphatic rings. The third kappa shape index (κ3) is 3.37. The third-order valence-corrected chi connectivity index (χ3v) is 4.44. The number of Topliss-reactive ketones (excluding diaryl/α,β-unsaturated/α-hetero) is 1. The molecule has 3 aromatic carbocycles. The number of anilines is 1. The monoisotopic (exact) mass is 360 g/mol. The van der Waals surface area contributed by atoms with Gasteiger partial charge in [-0.15, -0.1) is 0 Å². The van der Waals surface area contributed by atoms with Crippen molar-refractivity contribution in [2.24, 2.45) is 0 Å². The van der Waals surface area contributed by atoms with Crippen molar-refractivity contribution < 1.29 is 14.1 Å². The number of ketones is 1. The highest BCUT2D eigenvalue weighted by Crippen LogP contribution is 2.30. The second kappa shape index (κ2) is 6.92. The number of furan rings is 1. The van der Waals surface area contributed by atoms with Gasteiger partial charge in [0, 0.05) is 53.2 Å². The van der Waals surface area contributed by atoms with Crippen molar-refractivity contribution in [2.45, 2.75) is 6.42 Å². The van der Waals surface area contributed by atoms with Crippen LogP contribution in [-0.2, 0) is 0 Å². The summed E-state index contributed by atoms with van der Waals surface area (Å²) in [7, 11) is 0. The minimum absolute atomic E-state index is 0.0795. The van der Waals surface area contributed by atoms with E-state index < -0.39 is 4.92 Å². The van der Waals surface area contributed by atoms with Crippen LogP contribution in [0, 0.1) is 10.1 Å². The van der Waals surface area contributed by atoms with Crippen LogP contribution in [0.5, 0.6) is 0 Å². The van der Waals surface area contributed by atoms with Gasteiger partial charge in [-0.25, -0.2) is 0 Å². The van der Waals surface area contributed by atoms with Crippen LogP contribution < -0.4 is 5.32 Å². The van der Waals surface area contributed by atoms with Crippen LogP contribution in [0.25, 0.3) is 21.9 Å². The maximum atomic E-state index is 12.3. The second-order valence-corrected chi connectivity index (χ2v) is 6.22. The number of nitrogens with one attached hydrogen (secondary N) is 1. The zero-order valence-corrected chi connectivity index (χ0v) is 14.3. The Morgan fingerprint density at radius 2 is 1.78 bits per heavy atom. The molecule has 0 aliphatic carbocycles. The molecule has 0 unspecified atom stereocenters. The Balaban J connectivity index is 1.44. The summed E-state index contributed by atoms with van der Waals surface area (Å²) in [5.74, 6) is -0.143. The maximum Gasteiger partial charge on any atom is 0.270 e. The predicted octanol–water partition coefficient (Wildman–Crippen LogP) is 5.18. The minimum Gasteiger partial charge on any atom is -0.456 e. The van der Waals surface area contributed by atoms with E-state index in [9.17, 15) is 14.9 Å². The lowest BCUT2D eigenvalue weighted by Gasteiger charge is -2.06. The van der Waals surface area contributed by atoms with Crippen molar-refractivity contribution >= 4 is 39.1 Å². The molecule has 27 heavy (non-hydrogen) atoms. The smallest absolute Gasteiger partial charge is 0.270 e. The van der Waals surface area contributed by atoms with E-state index in [4.69, 9.17) is 4.42 Å². The first kappa shape index (κ1) is 16.8. The Morgan fingerprint density at radius 3 is 2.63 bits per heavy atom. The predicted molar refractivity (Wildman–Crippen MR) is 104 cm³/mol. The number of fused-ring (bicyclic) bond motifs is 3. The molecule has 0 saturated carbocycles. The van der Waals surface area contributed by atoms with Crippen LogP contribution in [0.3, 0.4) is 0 Å². The Hall–Kier alpha value is -3.67. The number of hydrogen-bond donors (Lipinski definition) is 1. The van der Waals surface area contributed by atoms with E-state index in [0.717, 1.165) is 27.6 Å². The lowest BCUT2D eigenvalue weighted by Crippen LogP contribution is -2.09. The molecule has 0 fully saturated rings. The molecule has 6 heteroatoms. The number of carbonyl (C=O) groups is 1. The average molecular weight is 360 g/mol. The largest absolute Gasteiger partial charge is 0.456 e. The summed E-state index contributed by atoms with van der Waals surface area (Å²) in [5.41, 5.74) is 2.74. The zero-order chi connectivity index (χ0) is 18.8. The fourth-order valence-electron chi connectivity index (χ4n) is 3.09. The lowest BCUT2D eigenvalue weighted by molar-refractivity contribution is -0.384. The van der Waals surface area contributed by atoms with Crippen LogP contribution in [0.2, 0.25) is 0 Å². The van der Waals surface area contributed by atoms with Gasteiger partial charge in [0.05, 0.1) is 4.92 Å². The van der Waals surface area contributed by atoms with Gasteiger partial charge in [-0.2, -0.15) is 0 Å². The van der Waals surface area contributed by atoms with Gasteiger partial charge in [-0.05, 0) is 18.2 Å². The number of nitro groups is 1. The summed E-state index contributed by atoms with van der Waals surface area (Å²) < 4.78 is 5.85. The number of rotatable bonds is 6. The molecular formula is C21H16N2O4. The fraction of sp³-hybridized carbons (Fsp3) is 0.0952. The molecule has 134 valence electrons. The maximum absolute atomic E-state index is 12.3. The van der Waals surface area contributed by atoms with Gasteiger partial charge >= 0.3 is 0 Å². The van der Waals surface area contributed by atoms with Crippen molar-refractivity contribution in [1.82, 2.24) is 0 Å². The van der Waals surface area contributed by atoms with E-state index >= 15 is 0 Å². The van der Waals surface area contributed by atoms with Crippen LogP contribution >= 0.6 is 0 Å². The highest BCUT2D eigenvalue weighted by atomic mass is 16.6. The molecule has 1 aromatic heterocycles. The van der Waals surface area contributed by atoms with Crippen molar-refractivity contribution in [3.63, 3.8) is 0 Å². The number of para-hydroxylation sites is 1. The van der Waals surface area contributed by atoms with Gasteiger partial charge < -0.3 is 9.73 Å². The molecule has 0 saturated heterocycles. The molecule has 0 amide bonds. The first-order valence-corrected chi connectivity index (χ1v) is 8.54. The molecule has 6 nitrogen and oxygen atoms in total. The number of nitrogens with zero attached hydrogens (tertiary/aromatic N) is 1. The summed E-state index contributed by atoms with van der Waals surface area (Å²) >= 11 is 0. The standard InChI is InChI=1S/C21H16N2O4/c24-19(14-4-3-5-16(12-14)23(25)26)10-11-22-15-8-9-18-17-6-1-2-7-20(17)27-21(18)13-15/h1-9,12-13,22H,10-11H2. The van der Waals surface area contributed by atoms with Crippen molar-refractivity contribution in [1.29, 1.82) is 0 Å². The molecule has 0 aliphatic heterocycles. The summed E-state index contributed by atoms with van der Waals surface area (Å²) in [6.07, 6.45) is 0.235. The molecule has 4 aromatic rings. The molecule has 0 spiro atoms. The normalized spacial score (nSPS) is 11.0. The summed E-state index contributed by atoms with van der Waals surface area (Å²) in [5, 5.41) is 16.1. The lowest BCUT2D eigenvalue weighted by atomic mass is 10.1. The Kier molecular flexibility index (Phi) is 4.30. The molecule has 4 rings (SSSR count). The minimum atomic E-state index is -0.502. The number of hydrogen-bond acceptors (Lipinski definition) is 5. The topological polar surface area (TPSA) is 85.4 Å². The first-order valence-electron chi connectivity index (χ1n) is 8.54. The van der Waals surface area contributed by atoms with Crippen LogP contribution in [0.15, 0.2) is 71.1 Å². The third-order valence-electron chi connectivity index (χ3n) is 4.44. The van der Waals surface area contributed by atoms with Gasteiger partial charge in [0.2, 0.25) is 0 Å². The number of non-ortho nitro benzene ring substituents is 1. The van der Waals surface area contributed by atoms with E-state index in [-0.39, 0.29) is 17.9 Å². The Morgan fingerprint density at radius 1 is 0.963 bits per heavy atom. The Bertz CT molecular complexity index is 1160. The highest BCUT2D eigenvalue weighted by molar-refractivity contribution is 6.05. The fourth-order valence-corrected chi connectivity index (χ4v) is 3.09. The van der Waals surface area contributed by atoms with Crippen LogP contribution in [0.1, 0.15) is 16.8 Å². The summed E-state index contributed by atoms with van der Waals surface area (Å²) in [4.78, 5) is 22.6. The number of benzene rings is 3. The molecular weight excluding hydrogens is 344 g/mol. The van der Waals surface area contributed by atoms with Gasteiger partial charge in [-0.1, -0.05) is 30.3 Å². The summed E-state index contributed by atoms with van der Waals surface area (Å²) in [6.45, 7) is 0.424. The highest BCUT2D eigenvalue weighted by Gasteiger charge is 2.11. The van der Waals surface area contributed by atoms with Crippen LogP contribution in [0.4, 0.5) is 11.4 Å². The quantitative estimate of drug-likeness (QED) is 0.291. The van der Waals surface area contributed by atoms with E-state index in [0.29, 0.717) is 12.1 Å². The molecule has 0 atom stereocenters. The Labute approximate surface area is 154 Å². The van der Waals surface area contributed by atoms with Gasteiger partial charge in [0.15, 0.2) is 5.78 Å². The van der Waals surface area contributed by atoms with Gasteiger partial charge in [-0.3, -0.25) is 14.9 Å². The van der Waals surface area contributed by atoms with Crippen LogP contribution in [-0.4, -0.2) is 17.3 Å². The van der Waals surface area contributed by atoms with Gasteiger partial charge in [0.25, 0.3) is 5.69 Å². The number of nitro benzene ring substituents is 1. The molecule has 1 heterocycles. The number of carbonyl (C=O) groups excluding carboxylic acids is 1. The molecule has 0 bridgehead atoms. The van der Waals surface area contributed by atoms with Gasteiger partial charge in [0.1, 0.15) is 11.2 Å². The molecule has 0 radical (unpaired) electrons. The van der Waals surface area contributed by atoms with E-state index in [1.165, 1.54) is 18.2 Å². The first-order chi connectivity index (χ1) is 13.1. The van der Waals surface area contributed by atoms with E-state index in [2.05, 4.69) is 5.32 Å². The van der Waals surface area contributed by atoms with Crippen molar-refractivity contribution in [3.8, 4) is 0 Å². The van der Waals surface area contributed by atoms with E-state index in [1.807, 2.05) is 42.5 Å². The second-order valence-electron chi connectivity index (χ2n) is 6.22. The van der Waals surface area contributed by atoms with Crippen molar-refractivity contribution in [3.05, 3.63) is 82.4 Å². The van der Waals surface area contributed by atoms with E-state index in [1.54, 1.807) is 6.07 Å².